The highest BCUT2D eigenvalue weighted by Gasteiger charge is 2.25. The average molecular weight is 328 g/mol. The predicted octanol–water partition coefficient (Wildman–Crippen LogP) is 2.41. The standard InChI is InChI=1S/C14H18BrNO3/c15-7-10-19-11-5-8-16(9-6-11)14(18)12-3-1-2-4-13(12)17/h1-4,11,17H,5-10H2. The van der Waals surface area contributed by atoms with Crippen LogP contribution in [0.4, 0.5) is 0 Å². The number of ether oxygens (including phenoxy) is 1. The molecule has 1 heterocycles. The quantitative estimate of drug-likeness (QED) is 0.864. The molecule has 1 N–H and O–H groups in total. The third-order valence-electron chi connectivity index (χ3n) is 3.29. The normalized spacial score (nSPS) is 16.6. The first kappa shape index (κ1) is 14.3. The first-order chi connectivity index (χ1) is 9.22. The molecule has 0 atom stereocenters. The van der Waals surface area contributed by atoms with Crippen LogP contribution in [0.3, 0.4) is 0 Å². The van der Waals surface area contributed by atoms with Crippen LogP contribution in [0.25, 0.3) is 0 Å². The van der Waals surface area contributed by atoms with Gasteiger partial charge in [-0.3, -0.25) is 4.79 Å². The molecule has 2 rings (SSSR count). The van der Waals surface area contributed by atoms with E-state index in [0.29, 0.717) is 25.3 Å². The van der Waals surface area contributed by atoms with E-state index in [9.17, 15) is 9.90 Å². The SMILES string of the molecule is O=C(c1ccccc1O)N1CCC(OCCBr)CC1. The Morgan fingerprint density at radius 2 is 2.05 bits per heavy atom. The van der Waals surface area contributed by atoms with Gasteiger partial charge in [-0.2, -0.15) is 0 Å². The van der Waals surface area contributed by atoms with Crippen molar-refractivity contribution in [1.82, 2.24) is 4.90 Å². The molecule has 19 heavy (non-hydrogen) atoms. The zero-order valence-corrected chi connectivity index (χ0v) is 12.3. The minimum Gasteiger partial charge on any atom is -0.507 e. The number of rotatable bonds is 4. The number of likely N-dealkylation sites (tertiary alicyclic amines) is 1. The van der Waals surface area contributed by atoms with Crippen molar-refractivity contribution in [3.63, 3.8) is 0 Å². The van der Waals surface area contributed by atoms with E-state index in [0.717, 1.165) is 18.2 Å². The monoisotopic (exact) mass is 327 g/mol. The number of piperidine rings is 1. The van der Waals surface area contributed by atoms with E-state index in [4.69, 9.17) is 4.74 Å². The van der Waals surface area contributed by atoms with Crippen LogP contribution >= 0.6 is 15.9 Å². The lowest BCUT2D eigenvalue weighted by molar-refractivity contribution is 0.0159. The van der Waals surface area contributed by atoms with E-state index in [1.807, 2.05) is 0 Å². The molecular weight excluding hydrogens is 310 g/mol. The van der Waals surface area contributed by atoms with Gasteiger partial charge in [0.15, 0.2) is 0 Å². The third kappa shape index (κ3) is 3.70. The van der Waals surface area contributed by atoms with Crippen LogP contribution in [0.15, 0.2) is 24.3 Å². The summed E-state index contributed by atoms with van der Waals surface area (Å²) < 4.78 is 5.66. The van der Waals surface area contributed by atoms with Crippen LogP contribution in [-0.4, -0.2) is 47.0 Å². The van der Waals surface area contributed by atoms with Gasteiger partial charge in [-0.1, -0.05) is 28.1 Å². The topological polar surface area (TPSA) is 49.8 Å². The number of hydrogen-bond donors (Lipinski definition) is 1. The molecule has 0 unspecified atom stereocenters. The summed E-state index contributed by atoms with van der Waals surface area (Å²) in [6, 6.07) is 6.68. The second-order valence-corrected chi connectivity index (χ2v) is 5.36. The summed E-state index contributed by atoms with van der Waals surface area (Å²) in [5.74, 6) is -0.0535. The number of phenols is 1. The van der Waals surface area contributed by atoms with E-state index in [-0.39, 0.29) is 17.8 Å². The molecule has 1 saturated heterocycles. The van der Waals surface area contributed by atoms with Crippen LogP contribution in [0, 0.1) is 0 Å². The van der Waals surface area contributed by atoms with Crippen LogP contribution in [-0.2, 0) is 4.74 Å². The Balaban J connectivity index is 1.91. The van der Waals surface area contributed by atoms with Gasteiger partial charge in [-0.05, 0) is 25.0 Å². The van der Waals surface area contributed by atoms with Crippen LogP contribution < -0.4 is 0 Å². The molecule has 0 aromatic heterocycles. The molecule has 0 saturated carbocycles. The third-order valence-corrected chi connectivity index (χ3v) is 3.62. The fraction of sp³-hybridized carbons (Fsp3) is 0.500. The largest absolute Gasteiger partial charge is 0.507 e. The van der Waals surface area contributed by atoms with Crippen molar-refractivity contribution in [2.75, 3.05) is 25.0 Å². The molecule has 0 aliphatic carbocycles. The lowest BCUT2D eigenvalue weighted by Crippen LogP contribution is -2.41. The fourth-order valence-electron chi connectivity index (χ4n) is 2.26. The van der Waals surface area contributed by atoms with Crippen molar-refractivity contribution in [3.8, 4) is 5.75 Å². The molecule has 0 radical (unpaired) electrons. The van der Waals surface area contributed by atoms with Crippen molar-refractivity contribution < 1.29 is 14.6 Å². The molecule has 1 amide bonds. The molecule has 104 valence electrons. The maximum atomic E-state index is 12.3. The summed E-state index contributed by atoms with van der Waals surface area (Å²) in [6.07, 6.45) is 1.95. The van der Waals surface area contributed by atoms with Crippen molar-refractivity contribution in [1.29, 1.82) is 0 Å². The highest BCUT2D eigenvalue weighted by molar-refractivity contribution is 9.09. The van der Waals surface area contributed by atoms with Gasteiger partial charge in [0.25, 0.3) is 5.91 Å². The molecule has 1 aromatic rings. The molecular formula is C14H18BrNO3. The number of para-hydroxylation sites is 1. The van der Waals surface area contributed by atoms with Crippen molar-refractivity contribution in [3.05, 3.63) is 29.8 Å². The molecule has 1 aliphatic rings. The van der Waals surface area contributed by atoms with Crippen molar-refractivity contribution in [2.24, 2.45) is 0 Å². The maximum absolute atomic E-state index is 12.3. The van der Waals surface area contributed by atoms with E-state index < -0.39 is 0 Å². The van der Waals surface area contributed by atoms with Gasteiger partial charge >= 0.3 is 0 Å². The van der Waals surface area contributed by atoms with Crippen LogP contribution in [0.5, 0.6) is 5.75 Å². The first-order valence-electron chi connectivity index (χ1n) is 6.47. The summed E-state index contributed by atoms with van der Waals surface area (Å²) in [5.41, 5.74) is 0.377. The van der Waals surface area contributed by atoms with Gasteiger partial charge in [-0.15, -0.1) is 0 Å². The number of carbonyl (C=O) groups is 1. The van der Waals surface area contributed by atoms with E-state index in [2.05, 4.69) is 15.9 Å². The number of carbonyl (C=O) groups excluding carboxylic acids is 1. The number of hydrogen-bond acceptors (Lipinski definition) is 3. The Kier molecular flexibility index (Phi) is 5.22. The Morgan fingerprint density at radius 3 is 2.68 bits per heavy atom. The minimum atomic E-state index is -0.1000. The van der Waals surface area contributed by atoms with Crippen molar-refractivity contribution >= 4 is 21.8 Å². The van der Waals surface area contributed by atoms with Gasteiger partial charge in [0.05, 0.1) is 18.3 Å². The number of amides is 1. The lowest BCUT2D eigenvalue weighted by Gasteiger charge is -2.32. The summed E-state index contributed by atoms with van der Waals surface area (Å²) >= 11 is 3.33. The number of nitrogens with zero attached hydrogens (tertiary/aromatic N) is 1. The maximum Gasteiger partial charge on any atom is 0.257 e. The van der Waals surface area contributed by atoms with E-state index >= 15 is 0 Å². The second kappa shape index (κ2) is 6.91. The predicted molar refractivity (Wildman–Crippen MR) is 76.8 cm³/mol. The molecule has 1 aliphatic heterocycles. The summed E-state index contributed by atoms with van der Waals surface area (Å²) in [4.78, 5) is 14.0. The van der Waals surface area contributed by atoms with Gasteiger partial charge in [-0.25, -0.2) is 0 Å². The fourth-order valence-corrected chi connectivity index (χ4v) is 2.45. The molecule has 4 nitrogen and oxygen atoms in total. The number of benzene rings is 1. The molecule has 0 bridgehead atoms. The zero-order chi connectivity index (χ0) is 13.7. The van der Waals surface area contributed by atoms with Gasteiger partial charge < -0.3 is 14.7 Å². The smallest absolute Gasteiger partial charge is 0.257 e. The van der Waals surface area contributed by atoms with Crippen LogP contribution in [0.2, 0.25) is 0 Å². The lowest BCUT2D eigenvalue weighted by atomic mass is 10.1. The molecule has 1 aromatic carbocycles. The first-order valence-corrected chi connectivity index (χ1v) is 7.59. The number of halogens is 1. The van der Waals surface area contributed by atoms with Gasteiger partial charge in [0.2, 0.25) is 0 Å². The van der Waals surface area contributed by atoms with Gasteiger partial charge in [0.1, 0.15) is 5.75 Å². The Labute approximate surface area is 121 Å². The average Bonchev–Trinajstić information content (AvgIpc) is 2.45. The van der Waals surface area contributed by atoms with Gasteiger partial charge in [0, 0.05) is 18.4 Å². The van der Waals surface area contributed by atoms with E-state index in [1.165, 1.54) is 0 Å². The van der Waals surface area contributed by atoms with E-state index in [1.54, 1.807) is 29.2 Å². The van der Waals surface area contributed by atoms with Crippen molar-refractivity contribution in [2.45, 2.75) is 18.9 Å². The number of alkyl halides is 1. The summed E-state index contributed by atoms with van der Waals surface area (Å²) in [6.45, 7) is 2.07. The number of aromatic hydroxyl groups is 1. The highest BCUT2D eigenvalue weighted by atomic mass is 79.9. The summed E-state index contributed by atoms with van der Waals surface area (Å²) in [7, 11) is 0. The molecule has 1 fully saturated rings. The Bertz CT molecular complexity index is 430. The zero-order valence-electron chi connectivity index (χ0n) is 10.7. The molecule has 5 heteroatoms. The Hall–Kier alpha value is -1.07. The Morgan fingerprint density at radius 1 is 1.37 bits per heavy atom. The number of phenolic OH excluding ortho intramolecular Hbond substituents is 1. The molecule has 0 spiro atoms. The van der Waals surface area contributed by atoms with Crippen LogP contribution in [0.1, 0.15) is 23.2 Å². The minimum absolute atomic E-state index is 0.0464. The second-order valence-electron chi connectivity index (χ2n) is 4.57. The summed E-state index contributed by atoms with van der Waals surface area (Å²) in [5, 5.41) is 10.5. The highest BCUT2D eigenvalue weighted by Crippen LogP contribution is 2.21.